The van der Waals surface area contributed by atoms with Crippen LogP contribution in [-0.2, 0) is 6.18 Å². The van der Waals surface area contributed by atoms with Crippen molar-refractivity contribution < 1.29 is 13.2 Å². The molecule has 0 aliphatic carbocycles. The minimum Gasteiger partial charge on any atom is -0.356 e. The number of imidazole rings is 1. The third kappa shape index (κ3) is 3.40. The number of hydrogen-bond donors (Lipinski definition) is 2. The number of nitrogens with zero attached hydrogens (tertiary/aromatic N) is 4. The highest BCUT2D eigenvalue weighted by Gasteiger charge is 2.31. The van der Waals surface area contributed by atoms with Gasteiger partial charge in [-0.2, -0.15) is 18.3 Å². The van der Waals surface area contributed by atoms with Gasteiger partial charge in [0.15, 0.2) is 0 Å². The van der Waals surface area contributed by atoms with Crippen molar-refractivity contribution in [3.63, 3.8) is 0 Å². The molecule has 1 fully saturated rings. The van der Waals surface area contributed by atoms with Gasteiger partial charge in [0.05, 0.1) is 28.4 Å². The molecule has 0 radical (unpaired) electrons. The van der Waals surface area contributed by atoms with Crippen molar-refractivity contribution in [3.8, 4) is 11.3 Å². The third-order valence-electron chi connectivity index (χ3n) is 5.61. The summed E-state index contributed by atoms with van der Waals surface area (Å²) in [6.45, 7) is 1.64. The number of hydrogen-bond acceptors (Lipinski definition) is 4. The average molecular weight is 412 g/mol. The minimum atomic E-state index is -4.37. The van der Waals surface area contributed by atoms with Crippen LogP contribution in [0.4, 0.5) is 19.0 Å². The van der Waals surface area contributed by atoms with Crippen molar-refractivity contribution >= 4 is 16.7 Å². The highest BCUT2D eigenvalue weighted by Crippen LogP contribution is 2.34. The molecule has 0 bridgehead atoms. The van der Waals surface area contributed by atoms with Crippen LogP contribution < -0.4 is 4.90 Å². The summed E-state index contributed by atoms with van der Waals surface area (Å²) >= 11 is 0. The SMILES string of the molecule is FC(F)(F)c1cccc(-c2c[nH]c(C3CCN(c4nccc5[nH]ncc45)CC3)n2)c1. The molecule has 0 amide bonds. The molecule has 0 saturated carbocycles. The Bertz CT molecular complexity index is 1170. The Balaban J connectivity index is 1.31. The zero-order valence-electron chi connectivity index (χ0n) is 15.9. The van der Waals surface area contributed by atoms with E-state index in [0.717, 1.165) is 60.6 Å². The van der Waals surface area contributed by atoms with E-state index in [1.807, 2.05) is 6.07 Å². The monoisotopic (exact) mass is 412 g/mol. The Morgan fingerprint density at radius 3 is 2.73 bits per heavy atom. The summed E-state index contributed by atoms with van der Waals surface area (Å²) in [6.07, 6.45) is 2.64. The second kappa shape index (κ2) is 7.16. The molecule has 154 valence electrons. The summed E-state index contributed by atoms with van der Waals surface area (Å²) in [5, 5.41) is 8.06. The van der Waals surface area contributed by atoms with Gasteiger partial charge in [-0.15, -0.1) is 0 Å². The quantitative estimate of drug-likeness (QED) is 0.509. The highest BCUT2D eigenvalue weighted by atomic mass is 19.4. The molecule has 0 unspecified atom stereocenters. The van der Waals surface area contributed by atoms with Crippen molar-refractivity contribution in [3.05, 3.63) is 60.3 Å². The van der Waals surface area contributed by atoms with Crippen LogP contribution in [-0.4, -0.2) is 38.2 Å². The van der Waals surface area contributed by atoms with Crippen LogP contribution in [0.5, 0.6) is 0 Å². The summed E-state index contributed by atoms with van der Waals surface area (Å²) in [5.74, 6) is 1.96. The van der Waals surface area contributed by atoms with Crippen molar-refractivity contribution in [2.24, 2.45) is 0 Å². The van der Waals surface area contributed by atoms with Crippen LogP contribution in [0.2, 0.25) is 0 Å². The molecular formula is C21H19F3N6. The Kier molecular flexibility index (Phi) is 4.45. The maximum Gasteiger partial charge on any atom is 0.416 e. The number of anilines is 1. The number of fused-ring (bicyclic) bond motifs is 1. The fourth-order valence-electron chi connectivity index (χ4n) is 4.02. The number of nitrogens with one attached hydrogen (secondary N) is 2. The number of pyridine rings is 1. The summed E-state index contributed by atoms with van der Waals surface area (Å²) in [6, 6.07) is 7.17. The van der Waals surface area contributed by atoms with E-state index in [1.54, 1.807) is 24.7 Å². The van der Waals surface area contributed by atoms with Gasteiger partial charge < -0.3 is 9.88 Å². The van der Waals surface area contributed by atoms with E-state index in [4.69, 9.17) is 0 Å². The van der Waals surface area contributed by atoms with E-state index in [-0.39, 0.29) is 5.92 Å². The Labute approximate surface area is 170 Å². The number of aromatic amines is 2. The van der Waals surface area contributed by atoms with Crippen LogP contribution in [0, 0.1) is 0 Å². The van der Waals surface area contributed by atoms with E-state index >= 15 is 0 Å². The van der Waals surface area contributed by atoms with Crippen LogP contribution in [0.15, 0.2) is 48.9 Å². The van der Waals surface area contributed by atoms with Gasteiger partial charge in [0.25, 0.3) is 0 Å². The van der Waals surface area contributed by atoms with E-state index in [9.17, 15) is 13.2 Å². The summed E-state index contributed by atoms with van der Waals surface area (Å²) in [7, 11) is 0. The van der Waals surface area contributed by atoms with Crippen LogP contribution >= 0.6 is 0 Å². The van der Waals surface area contributed by atoms with Crippen molar-refractivity contribution in [2.45, 2.75) is 24.9 Å². The first-order valence-electron chi connectivity index (χ1n) is 9.75. The molecule has 0 atom stereocenters. The molecule has 1 saturated heterocycles. The molecule has 6 nitrogen and oxygen atoms in total. The van der Waals surface area contributed by atoms with Gasteiger partial charge in [0, 0.05) is 37.0 Å². The lowest BCUT2D eigenvalue weighted by molar-refractivity contribution is -0.137. The zero-order chi connectivity index (χ0) is 20.7. The first-order valence-corrected chi connectivity index (χ1v) is 9.75. The average Bonchev–Trinajstić information content (AvgIpc) is 3.43. The van der Waals surface area contributed by atoms with E-state index < -0.39 is 11.7 Å². The Morgan fingerprint density at radius 2 is 1.93 bits per heavy atom. The number of rotatable bonds is 3. The number of benzene rings is 1. The lowest BCUT2D eigenvalue weighted by Crippen LogP contribution is -2.33. The molecule has 1 aliphatic rings. The Morgan fingerprint density at radius 1 is 1.10 bits per heavy atom. The lowest BCUT2D eigenvalue weighted by Gasteiger charge is -2.32. The highest BCUT2D eigenvalue weighted by molar-refractivity contribution is 5.88. The second-order valence-electron chi connectivity index (χ2n) is 7.48. The summed E-state index contributed by atoms with van der Waals surface area (Å²) in [4.78, 5) is 14.5. The molecule has 4 aromatic rings. The van der Waals surface area contributed by atoms with Crippen LogP contribution in [0.3, 0.4) is 0 Å². The smallest absolute Gasteiger partial charge is 0.356 e. The molecule has 9 heteroatoms. The molecule has 1 aromatic carbocycles. The van der Waals surface area contributed by atoms with Crippen LogP contribution in [0.25, 0.3) is 22.2 Å². The summed E-state index contributed by atoms with van der Waals surface area (Å²) < 4.78 is 39.0. The molecule has 30 heavy (non-hydrogen) atoms. The molecular weight excluding hydrogens is 393 g/mol. The third-order valence-corrected chi connectivity index (χ3v) is 5.61. The molecule has 5 rings (SSSR count). The summed E-state index contributed by atoms with van der Waals surface area (Å²) in [5.41, 5.74) is 1.28. The molecule has 2 N–H and O–H groups in total. The predicted molar refractivity (Wildman–Crippen MR) is 107 cm³/mol. The van der Waals surface area contributed by atoms with Gasteiger partial charge in [0.1, 0.15) is 11.6 Å². The van der Waals surface area contributed by atoms with Crippen molar-refractivity contribution in [1.29, 1.82) is 0 Å². The molecule has 4 heterocycles. The van der Waals surface area contributed by atoms with Gasteiger partial charge >= 0.3 is 6.18 Å². The topological polar surface area (TPSA) is 73.5 Å². The van der Waals surface area contributed by atoms with Crippen molar-refractivity contribution in [2.75, 3.05) is 18.0 Å². The molecule has 0 spiro atoms. The van der Waals surface area contributed by atoms with Crippen LogP contribution in [0.1, 0.15) is 30.1 Å². The van der Waals surface area contributed by atoms with Gasteiger partial charge in [-0.05, 0) is 31.0 Å². The second-order valence-corrected chi connectivity index (χ2v) is 7.48. The molecule has 3 aromatic heterocycles. The Hall–Kier alpha value is -3.36. The van der Waals surface area contributed by atoms with E-state index in [2.05, 4.69) is 30.0 Å². The van der Waals surface area contributed by atoms with Gasteiger partial charge in [0.2, 0.25) is 0 Å². The largest absolute Gasteiger partial charge is 0.416 e. The lowest BCUT2D eigenvalue weighted by atomic mass is 9.96. The zero-order valence-corrected chi connectivity index (χ0v) is 15.9. The van der Waals surface area contributed by atoms with Gasteiger partial charge in [-0.25, -0.2) is 9.97 Å². The number of piperidine rings is 1. The normalized spacial score (nSPS) is 15.8. The maximum absolute atomic E-state index is 13.0. The van der Waals surface area contributed by atoms with Gasteiger partial charge in [-0.1, -0.05) is 12.1 Å². The number of H-pyrrole nitrogens is 2. The number of aromatic nitrogens is 5. The fourth-order valence-corrected chi connectivity index (χ4v) is 4.02. The number of halogens is 3. The first kappa shape index (κ1) is 18.7. The van der Waals surface area contributed by atoms with Gasteiger partial charge in [-0.3, -0.25) is 5.10 Å². The standard InChI is InChI=1S/C21H19F3N6/c22-21(23,24)15-3-1-2-14(10-15)18-12-26-19(28-18)13-5-8-30(9-6-13)20-16-11-27-29-17(16)4-7-25-20/h1-4,7,10-13H,5-6,8-9H2,(H,26,28)(H,27,29). The number of alkyl halides is 3. The first-order chi connectivity index (χ1) is 14.5. The van der Waals surface area contributed by atoms with E-state index in [0.29, 0.717) is 11.3 Å². The molecule has 1 aliphatic heterocycles. The fraction of sp³-hybridized carbons (Fsp3) is 0.286. The predicted octanol–water partition coefficient (Wildman–Crippen LogP) is 4.75. The van der Waals surface area contributed by atoms with E-state index in [1.165, 1.54) is 6.07 Å². The minimum absolute atomic E-state index is 0.226. The maximum atomic E-state index is 13.0. The van der Waals surface area contributed by atoms with Crippen molar-refractivity contribution in [1.82, 2.24) is 25.1 Å².